The average Bonchev–Trinajstić information content (AvgIpc) is 3.05. The van der Waals surface area contributed by atoms with Gasteiger partial charge in [0.05, 0.1) is 23.4 Å². The maximum absolute atomic E-state index is 11.2. The monoisotopic (exact) mass is 391 g/mol. The van der Waals surface area contributed by atoms with Gasteiger partial charge in [-0.2, -0.15) is 0 Å². The lowest BCUT2D eigenvalue weighted by molar-refractivity contribution is -0.143. The molecule has 8 heteroatoms. The highest BCUT2D eigenvalue weighted by Gasteiger charge is 2.10. The van der Waals surface area contributed by atoms with E-state index in [9.17, 15) is 4.79 Å². The molecule has 3 aromatic rings. The van der Waals surface area contributed by atoms with Gasteiger partial charge in [-0.1, -0.05) is 0 Å². The van der Waals surface area contributed by atoms with Crippen LogP contribution in [0.3, 0.4) is 0 Å². The first kappa shape index (κ1) is 18.5. The molecule has 0 spiro atoms. The van der Waals surface area contributed by atoms with Gasteiger partial charge in [-0.25, -0.2) is 15.0 Å². The van der Waals surface area contributed by atoms with Gasteiger partial charge in [0, 0.05) is 41.4 Å². The molecule has 0 aliphatic heterocycles. The van der Waals surface area contributed by atoms with Gasteiger partial charge in [0.25, 0.3) is 0 Å². The molecule has 0 aliphatic carbocycles. The van der Waals surface area contributed by atoms with E-state index < -0.39 is 0 Å². The molecule has 0 amide bonds. The number of aromatic nitrogens is 3. The smallest absolute Gasteiger partial charge is 0.305 e. The molecule has 3 heterocycles. The quantitative estimate of drug-likeness (QED) is 0.319. The van der Waals surface area contributed by atoms with Gasteiger partial charge in [0.15, 0.2) is 0 Å². The van der Waals surface area contributed by atoms with Crippen molar-refractivity contribution in [3.63, 3.8) is 0 Å². The van der Waals surface area contributed by atoms with Crippen LogP contribution < -0.4 is 4.74 Å². The Bertz CT molecular complexity index is 883. The molecule has 3 aromatic heterocycles. The van der Waals surface area contributed by atoms with E-state index in [1.54, 1.807) is 30.7 Å². The first-order valence-electron chi connectivity index (χ1n) is 8.32. The topological polar surface area (TPSA) is 74.2 Å². The van der Waals surface area contributed by atoms with E-state index in [0.29, 0.717) is 25.5 Å². The van der Waals surface area contributed by atoms with Gasteiger partial charge in [-0.15, -0.1) is 11.3 Å². The van der Waals surface area contributed by atoms with Crippen LogP contribution in [0, 0.1) is 0 Å². The van der Waals surface area contributed by atoms with Crippen molar-refractivity contribution < 1.29 is 14.3 Å². The molecule has 0 unspecified atom stereocenters. The Morgan fingerprint density at radius 3 is 2.88 bits per heavy atom. The summed E-state index contributed by atoms with van der Waals surface area (Å²) in [5.74, 6) is 0.388. The normalized spacial score (nSPS) is 10.8. The number of ether oxygens (including phenoxy) is 2. The van der Waals surface area contributed by atoms with E-state index in [1.165, 1.54) is 0 Å². The van der Waals surface area contributed by atoms with Crippen molar-refractivity contribution in [1.82, 2.24) is 15.0 Å². The van der Waals surface area contributed by atoms with Crippen molar-refractivity contribution in [1.29, 1.82) is 0 Å². The van der Waals surface area contributed by atoms with Gasteiger partial charge in [-0.3, -0.25) is 4.79 Å². The van der Waals surface area contributed by atoms with Gasteiger partial charge >= 0.3 is 5.97 Å². The molecule has 0 radical (unpaired) electrons. The number of halogens is 1. The lowest BCUT2D eigenvalue weighted by Crippen LogP contribution is -2.05. The number of esters is 1. The van der Waals surface area contributed by atoms with Crippen LogP contribution >= 0.6 is 22.9 Å². The van der Waals surface area contributed by atoms with Crippen LogP contribution in [0.2, 0.25) is 5.28 Å². The predicted molar refractivity (Wildman–Crippen MR) is 102 cm³/mol. The van der Waals surface area contributed by atoms with E-state index in [2.05, 4.69) is 15.0 Å². The highest BCUT2D eigenvalue weighted by molar-refractivity contribution is 7.17. The summed E-state index contributed by atoms with van der Waals surface area (Å²) in [6, 6.07) is 3.77. The van der Waals surface area contributed by atoms with Crippen LogP contribution in [-0.2, 0) is 9.53 Å². The first-order valence-corrected chi connectivity index (χ1v) is 9.57. The SMILES string of the molecule is CCOC(=O)CCCCOc1ccc(-c2csc3cnc(Cl)nc23)cn1. The van der Waals surface area contributed by atoms with Crippen LogP contribution in [0.1, 0.15) is 26.2 Å². The summed E-state index contributed by atoms with van der Waals surface area (Å²) in [4.78, 5) is 23.9. The van der Waals surface area contributed by atoms with E-state index in [0.717, 1.165) is 34.2 Å². The molecule has 0 bridgehead atoms. The number of nitrogens with zero attached hydrogens (tertiary/aromatic N) is 3. The maximum atomic E-state index is 11.2. The number of hydrogen-bond donors (Lipinski definition) is 0. The van der Waals surface area contributed by atoms with Crippen molar-refractivity contribution in [2.75, 3.05) is 13.2 Å². The molecule has 0 saturated carbocycles. The molecule has 0 aromatic carbocycles. The molecular formula is C18H18ClN3O3S. The highest BCUT2D eigenvalue weighted by atomic mass is 35.5. The third-order valence-corrected chi connectivity index (χ3v) is 4.75. The lowest BCUT2D eigenvalue weighted by Gasteiger charge is -2.06. The third kappa shape index (κ3) is 4.68. The zero-order valence-corrected chi connectivity index (χ0v) is 15.8. The van der Waals surface area contributed by atoms with Crippen molar-refractivity contribution in [3.05, 3.63) is 35.2 Å². The van der Waals surface area contributed by atoms with Gasteiger partial charge in [0.2, 0.25) is 11.2 Å². The minimum absolute atomic E-state index is 0.165. The number of unbranched alkanes of at least 4 members (excludes halogenated alkanes) is 1. The number of pyridine rings is 1. The maximum Gasteiger partial charge on any atom is 0.305 e. The van der Waals surface area contributed by atoms with E-state index in [1.807, 2.05) is 17.5 Å². The van der Waals surface area contributed by atoms with Crippen LogP contribution in [0.4, 0.5) is 0 Å². The number of hydrogen-bond acceptors (Lipinski definition) is 7. The molecule has 26 heavy (non-hydrogen) atoms. The zero-order valence-electron chi connectivity index (χ0n) is 14.3. The summed E-state index contributed by atoms with van der Waals surface area (Å²) in [5, 5.41) is 2.25. The summed E-state index contributed by atoms with van der Waals surface area (Å²) < 4.78 is 11.5. The Hall–Kier alpha value is -2.25. The Morgan fingerprint density at radius 1 is 1.23 bits per heavy atom. The molecule has 3 rings (SSSR count). The van der Waals surface area contributed by atoms with Crippen molar-refractivity contribution in [2.45, 2.75) is 26.2 Å². The fraction of sp³-hybridized carbons (Fsp3) is 0.333. The Labute approximate surface area is 160 Å². The van der Waals surface area contributed by atoms with E-state index in [4.69, 9.17) is 21.1 Å². The number of thiophene rings is 1. The second kappa shape index (κ2) is 8.91. The van der Waals surface area contributed by atoms with Gasteiger partial charge in [0.1, 0.15) is 0 Å². The molecule has 0 aliphatic rings. The van der Waals surface area contributed by atoms with Crippen molar-refractivity contribution in [3.8, 4) is 17.0 Å². The number of carbonyl (C=O) groups excluding carboxylic acids is 1. The molecule has 0 saturated heterocycles. The summed E-state index contributed by atoms with van der Waals surface area (Å²) in [5.41, 5.74) is 2.74. The summed E-state index contributed by atoms with van der Waals surface area (Å²) >= 11 is 7.46. The van der Waals surface area contributed by atoms with Gasteiger partial charge < -0.3 is 9.47 Å². The predicted octanol–water partition coefficient (Wildman–Crippen LogP) is 4.52. The number of rotatable bonds is 8. The number of carbonyl (C=O) groups is 1. The lowest BCUT2D eigenvalue weighted by atomic mass is 10.1. The highest BCUT2D eigenvalue weighted by Crippen LogP contribution is 2.32. The molecule has 6 nitrogen and oxygen atoms in total. The van der Waals surface area contributed by atoms with Crippen LogP contribution in [0.15, 0.2) is 29.9 Å². The Morgan fingerprint density at radius 2 is 2.12 bits per heavy atom. The fourth-order valence-electron chi connectivity index (χ4n) is 2.42. The standard InChI is InChI=1S/C18H18ClN3O3S/c1-2-24-16(23)5-3-4-8-25-15-7-6-12(9-20-15)13-11-26-14-10-21-18(19)22-17(13)14/h6-7,9-11H,2-5,8H2,1H3. The van der Waals surface area contributed by atoms with Crippen LogP contribution in [0.25, 0.3) is 21.3 Å². The second-order valence-corrected chi connectivity index (χ2v) is 6.75. The summed E-state index contributed by atoms with van der Waals surface area (Å²) in [7, 11) is 0. The second-order valence-electron chi connectivity index (χ2n) is 5.50. The third-order valence-electron chi connectivity index (χ3n) is 3.66. The van der Waals surface area contributed by atoms with Crippen molar-refractivity contribution >= 4 is 39.1 Å². The van der Waals surface area contributed by atoms with E-state index in [-0.39, 0.29) is 11.3 Å². The Kier molecular flexibility index (Phi) is 6.35. The summed E-state index contributed by atoms with van der Waals surface area (Å²) in [6.07, 6.45) is 5.40. The van der Waals surface area contributed by atoms with Gasteiger partial charge in [-0.05, 0) is 37.4 Å². The van der Waals surface area contributed by atoms with Crippen LogP contribution in [-0.4, -0.2) is 34.1 Å². The zero-order chi connectivity index (χ0) is 18.4. The Balaban J connectivity index is 1.55. The summed E-state index contributed by atoms with van der Waals surface area (Å²) in [6.45, 7) is 2.73. The average molecular weight is 392 g/mol. The molecular weight excluding hydrogens is 374 g/mol. The minimum Gasteiger partial charge on any atom is -0.478 e. The fourth-order valence-corrected chi connectivity index (χ4v) is 3.42. The number of fused-ring (bicyclic) bond motifs is 1. The van der Waals surface area contributed by atoms with E-state index >= 15 is 0 Å². The molecule has 136 valence electrons. The van der Waals surface area contributed by atoms with Crippen molar-refractivity contribution in [2.24, 2.45) is 0 Å². The molecule has 0 fully saturated rings. The first-order chi connectivity index (χ1) is 12.7. The van der Waals surface area contributed by atoms with Crippen LogP contribution in [0.5, 0.6) is 5.88 Å². The molecule has 0 atom stereocenters. The molecule has 0 N–H and O–H groups in total. The minimum atomic E-state index is -0.165. The largest absolute Gasteiger partial charge is 0.478 e.